The molecule has 13 heavy (non-hydrogen) atoms. The van der Waals surface area contributed by atoms with Crippen LogP contribution in [-0.2, 0) is 4.79 Å². The summed E-state index contributed by atoms with van der Waals surface area (Å²) in [5.74, 6) is -1.93. The molecule has 0 N–H and O–H groups in total. The maximum absolute atomic E-state index is 13.0. The molecule has 0 aromatic heterocycles. The van der Waals surface area contributed by atoms with Crippen LogP contribution in [-0.4, -0.2) is 5.97 Å². The van der Waals surface area contributed by atoms with Crippen LogP contribution in [0.15, 0.2) is 24.3 Å². The standard InChI is InChI=1S/C9H6ClFO2/c10-7-3-1-6(8(11)5-7)2-4-9(12)13/h1-5H,(H,12,13)/p-1/b4-2-. The van der Waals surface area contributed by atoms with E-state index in [-0.39, 0.29) is 10.6 Å². The predicted molar refractivity (Wildman–Crippen MR) is 45.5 cm³/mol. The summed E-state index contributed by atoms with van der Waals surface area (Å²) in [4.78, 5) is 10.0. The molecule has 0 atom stereocenters. The van der Waals surface area contributed by atoms with Crippen LogP contribution >= 0.6 is 11.6 Å². The van der Waals surface area contributed by atoms with Gasteiger partial charge in [0.25, 0.3) is 0 Å². The second-order valence-corrected chi connectivity index (χ2v) is 2.75. The molecule has 4 heteroatoms. The summed E-state index contributed by atoms with van der Waals surface area (Å²) in [6.45, 7) is 0. The van der Waals surface area contributed by atoms with Crippen molar-refractivity contribution in [2.45, 2.75) is 0 Å². The van der Waals surface area contributed by atoms with Crippen LogP contribution in [0, 0.1) is 5.82 Å². The first-order chi connectivity index (χ1) is 6.09. The first kappa shape index (κ1) is 9.74. The minimum Gasteiger partial charge on any atom is -0.545 e. The van der Waals surface area contributed by atoms with Gasteiger partial charge in [-0.15, -0.1) is 0 Å². The van der Waals surface area contributed by atoms with Crippen LogP contribution < -0.4 is 5.11 Å². The van der Waals surface area contributed by atoms with Crippen molar-refractivity contribution in [2.24, 2.45) is 0 Å². The number of rotatable bonds is 2. The van der Waals surface area contributed by atoms with Crippen molar-refractivity contribution in [3.8, 4) is 0 Å². The summed E-state index contributed by atoms with van der Waals surface area (Å²) < 4.78 is 13.0. The molecule has 0 aliphatic rings. The first-order valence-corrected chi connectivity index (χ1v) is 3.81. The van der Waals surface area contributed by atoms with Crippen molar-refractivity contribution in [3.05, 3.63) is 40.7 Å². The van der Waals surface area contributed by atoms with Gasteiger partial charge in [-0.25, -0.2) is 4.39 Å². The van der Waals surface area contributed by atoms with Crippen molar-refractivity contribution in [2.75, 3.05) is 0 Å². The lowest BCUT2D eigenvalue weighted by Gasteiger charge is -1.97. The van der Waals surface area contributed by atoms with Gasteiger partial charge in [0.05, 0.1) is 5.97 Å². The van der Waals surface area contributed by atoms with Gasteiger partial charge in [-0.2, -0.15) is 0 Å². The smallest absolute Gasteiger partial charge is 0.131 e. The van der Waals surface area contributed by atoms with Gasteiger partial charge in [0.15, 0.2) is 0 Å². The fourth-order valence-electron chi connectivity index (χ4n) is 0.794. The van der Waals surface area contributed by atoms with E-state index in [0.29, 0.717) is 0 Å². The normalized spacial score (nSPS) is 10.6. The molecule has 1 aromatic rings. The van der Waals surface area contributed by atoms with E-state index in [1.807, 2.05) is 0 Å². The Kier molecular flexibility index (Phi) is 3.03. The second kappa shape index (κ2) is 4.05. The third-order valence-corrected chi connectivity index (χ3v) is 1.60. The molecule has 0 aliphatic heterocycles. The molecule has 68 valence electrons. The Hall–Kier alpha value is -1.35. The van der Waals surface area contributed by atoms with Crippen LogP contribution in [0.4, 0.5) is 4.39 Å². The third kappa shape index (κ3) is 2.87. The molecule has 0 heterocycles. The Labute approximate surface area is 79.3 Å². The Morgan fingerprint density at radius 1 is 1.54 bits per heavy atom. The number of carbonyl (C=O) groups is 1. The molecule has 0 bridgehead atoms. The molecule has 0 spiro atoms. The van der Waals surface area contributed by atoms with Crippen molar-refractivity contribution < 1.29 is 14.3 Å². The predicted octanol–water partition coefficient (Wildman–Crippen LogP) is 1.24. The zero-order valence-electron chi connectivity index (χ0n) is 6.46. The lowest BCUT2D eigenvalue weighted by atomic mass is 10.2. The summed E-state index contributed by atoms with van der Waals surface area (Å²) in [6, 6.07) is 3.97. The summed E-state index contributed by atoms with van der Waals surface area (Å²) in [5.41, 5.74) is 0.161. The lowest BCUT2D eigenvalue weighted by molar-refractivity contribution is -0.297. The number of hydrogen-bond donors (Lipinski definition) is 0. The van der Waals surface area contributed by atoms with E-state index in [9.17, 15) is 14.3 Å². The summed E-state index contributed by atoms with van der Waals surface area (Å²) in [5, 5.41) is 10.3. The van der Waals surface area contributed by atoms with Gasteiger partial charge in [-0.3, -0.25) is 0 Å². The van der Waals surface area contributed by atoms with Gasteiger partial charge in [0, 0.05) is 10.6 Å². The average molecular weight is 200 g/mol. The number of benzene rings is 1. The maximum atomic E-state index is 13.0. The van der Waals surface area contributed by atoms with Gasteiger partial charge in [-0.05, 0) is 18.2 Å². The largest absolute Gasteiger partial charge is 0.545 e. The van der Waals surface area contributed by atoms with Crippen LogP contribution in [0.3, 0.4) is 0 Å². The fourth-order valence-corrected chi connectivity index (χ4v) is 0.953. The highest BCUT2D eigenvalue weighted by Gasteiger charge is 1.98. The monoisotopic (exact) mass is 199 g/mol. The van der Waals surface area contributed by atoms with E-state index < -0.39 is 11.8 Å². The molecule has 0 aliphatic carbocycles. The number of carboxylic acid groups (broad SMARTS) is 1. The molecule has 1 rings (SSSR count). The average Bonchev–Trinajstić information content (AvgIpc) is 2.02. The number of carboxylic acids is 1. The lowest BCUT2D eigenvalue weighted by Crippen LogP contribution is -2.18. The fraction of sp³-hybridized carbons (Fsp3) is 0. The molecule has 0 saturated carbocycles. The van der Waals surface area contributed by atoms with Gasteiger partial charge in [0.1, 0.15) is 5.82 Å². The molecule has 2 nitrogen and oxygen atoms in total. The van der Waals surface area contributed by atoms with Crippen molar-refractivity contribution in [3.63, 3.8) is 0 Å². The minimum atomic E-state index is -1.37. The number of hydrogen-bond acceptors (Lipinski definition) is 2. The van der Waals surface area contributed by atoms with E-state index in [4.69, 9.17) is 11.6 Å². The van der Waals surface area contributed by atoms with E-state index >= 15 is 0 Å². The highest BCUT2D eigenvalue weighted by Crippen LogP contribution is 2.15. The maximum Gasteiger partial charge on any atom is 0.131 e. The van der Waals surface area contributed by atoms with Crippen LogP contribution in [0.2, 0.25) is 5.02 Å². The Morgan fingerprint density at radius 2 is 2.23 bits per heavy atom. The topological polar surface area (TPSA) is 40.1 Å². The Bertz CT molecular complexity index is 361. The molecule has 0 unspecified atom stereocenters. The van der Waals surface area contributed by atoms with Gasteiger partial charge in [-0.1, -0.05) is 23.7 Å². The van der Waals surface area contributed by atoms with Crippen LogP contribution in [0.5, 0.6) is 0 Å². The van der Waals surface area contributed by atoms with E-state index in [0.717, 1.165) is 18.2 Å². The summed E-state index contributed by atoms with van der Waals surface area (Å²) in [6.07, 6.45) is 1.87. The molecular weight excluding hydrogens is 195 g/mol. The SMILES string of the molecule is O=C([O-])/C=C\c1ccc(Cl)cc1F. The second-order valence-electron chi connectivity index (χ2n) is 2.32. The minimum absolute atomic E-state index is 0.161. The number of halogens is 2. The van der Waals surface area contributed by atoms with E-state index in [1.165, 1.54) is 12.1 Å². The van der Waals surface area contributed by atoms with Crippen molar-refractivity contribution >= 4 is 23.6 Å². The number of aliphatic carboxylic acids is 1. The summed E-state index contributed by atoms with van der Waals surface area (Å²) in [7, 11) is 0. The van der Waals surface area contributed by atoms with Gasteiger partial charge < -0.3 is 9.90 Å². The summed E-state index contributed by atoms with van der Waals surface area (Å²) >= 11 is 5.49. The van der Waals surface area contributed by atoms with Crippen molar-refractivity contribution in [1.29, 1.82) is 0 Å². The van der Waals surface area contributed by atoms with Crippen LogP contribution in [0.1, 0.15) is 5.56 Å². The van der Waals surface area contributed by atoms with Gasteiger partial charge in [0.2, 0.25) is 0 Å². The number of carbonyl (C=O) groups excluding carboxylic acids is 1. The zero-order valence-corrected chi connectivity index (χ0v) is 7.22. The highest BCUT2D eigenvalue weighted by atomic mass is 35.5. The molecule has 0 saturated heterocycles. The quantitative estimate of drug-likeness (QED) is 0.673. The van der Waals surface area contributed by atoms with Gasteiger partial charge >= 0.3 is 0 Å². The molecule has 0 amide bonds. The molecular formula is C9H5ClFO2-. The molecule has 0 fully saturated rings. The Morgan fingerprint density at radius 3 is 2.77 bits per heavy atom. The van der Waals surface area contributed by atoms with E-state index in [2.05, 4.69) is 0 Å². The van der Waals surface area contributed by atoms with E-state index in [1.54, 1.807) is 0 Å². The highest BCUT2D eigenvalue weighted by molar-refractivity contribution is 6.30. The van der Waals surface area contributed by atoms with Crippen molar-refractivity contribution in [1.82, 2.24) is 0 Å². The van der Waals surface area contributed by atoms with Crippen LogP contribution in [0.25, 0.3) is 6.08 Å². The Balaban J connectivity index is 2.96. The molecule has 1 aromatic carbocycles. The first-order valence-electron chi connectivity index (χ1n) is 3.43. The molecule has 0 radical (unpaired) electrons. The third-order valence-electron chi connectivity index (χ3n) is 1.36. The zero-order chi connectivity index (χ0) is 9.84.